The molecule has 1 unspecified atom stereocenters. The van der Waals surface area contributed by atoms with Crippen LogP contribution in [0.25, 0.3) is 0 Å². The smallest absolute Gasteiger partial charge is 0.286 e. The van der Waals surface area contributed by atoms with E-state index in [0.717, 1.165) is 37.7 Å². The van der Waals surface area contributed by atoms with Gasteiger partial charge in [-0.3, -0.25) is 0 Å². The van der Waals surface area contributed by atoms with E-state index in [4.69, 9.17) is 14.2 Å². The fraction of sp³-hybridized carbons (Fsp3) is 0.769. The van der Waals surface area contributed by atoms with Crippen molar-refractivity contribution in [2.75, 3.05) is 19.8 Å². The summed E-state index contributed by atoms with van der Waals surface area (Å²) in [5.41, 5.74) is 0.968. The molecular weight excluding hydrogens is 379 g/mol. The summed E-state index contributed by atoms with van der Waals surface area (Å²) in [4.78, 5) is 0. The molecule has 0 heterocycles. The molecule has 1 atom stereocenters. The van der Waals surface area contributed by atoms with E-state index in [2.05, 4.69) is 27.7 Å². The van der Waals surface area contributed by atoms with Crippen molar-refractivity contribution in [3.63, 3.8) is 0 Å². The summed E-state index contributed by atoms with van der Waals surface area (Å²) in [7, 11) is 0. The van der Waals surface area contributed by atoms with Crippen molar-refractivity contribution in [1.82, 2.24) is 0 Å². The summed E-state index contributed by atoms with van der Waals surface area (Å²) < 4.78 is 32.8. The zero-order chi connectivity index (χ0) is 22.1. The molecule has 0 saturated carbocycles. The van der Waals surface area contributed by atoms with Crippen LogP contribution in [0.2, 0.25) is 0 Å². The lowest BCUT2D eigenvalue weighted by Gasteiger charge is -2.40. The number of unbranched alkanes of at least 4 members (excludes halogenated alkanes) is 5. The van der Waals surface area contributed by atoms with Crippen LogP contribution in [0.15, 0.2) is 24.3 Å². The Balaban J connectivity index is 3.03. The molecule has 1 aromatic rings. The van der Waals surface area contributed by atoms with Crippen molar-refractivity contribution in [3.8, 4) is 0 Å². The maximum atomic E-state index is 13.9. The highest BCUT2D eigenvalue weighted by Gasteiger charge is 2.42. The standard InChI is InChI=1S/C26H45FO3/c1-5-9-10-11-12-13-16-24(21-23-15-14-17-25(27)22-23)26(28-18-6-2,29-19-7-3)30-20-8-4/h14-15,17,22,24H,5-13,16,18-21H2,1-4H3. The molecule has 1 rings (SSSR count). The van der Waals surface area contributed by atoms with Gasteiger partial charge in [-0.2, -0.15) is 0 Å². The molecule has 0 fully saturated rings. The van der Waals surface area contributed by atoms with E-state index in [9.17, 15) is 4.39 Å². The molecule has 0 saturated heterocycles. The number of halogens is 1. The lowest BCUT2D eigenvalue weighted by atomic mass is 9.90. The van der Waals surface area contributed by atoms with Crippen molar-refractivity contribution in [3.05, 3.63) is 35.6 Å². The van der Waals surface area contributed by atoms with Crippen LogP contribution in [0.3, 0.4) is 0 Å². The van der Waals surface area contributed by atoms with E-state index >= 15 is 0 Å². The van der Waals surface area contributed by atoms with Gasteiger partial charge in [0.25, 0.3) is 5.97 Å². The largest absolute Gasteiger partial charge is 0.327 e. The van der Waals surface area contributed by atoms with Crippen LogP contribution in [0.4, 0.5) is 4.39 Å². The molecule has 1 aromatic carbocycles. The molecule has 3 nitrogen and oxygen atoms in total. The minimum Gasteiger partial charge on any atom is -0.327 e. The third-order valence-corrected chi connectivity index (χ3v) is 5.30. The van der Waals surface area contributed by atoms with Crippen molar-refractivity contribution < 1.29 is 18.6 Å². The number of hydrogen-bond donors (Lipinski definition) is 0. The highest BCUT2D eigenvalue weighted by Crippen LogP contribution is 2.34. The Morgan fingerprint density at radius 1 is 0.767 bits per heavy atom. The molecule has 0 spiro atoms. The van der Waals surface area contributed by atoms with Crippen LogP contribution in [0.5, 0.6) is 0 Å². The van der Waals surface area contributed by atoms with Crippen LogP contribution in [0, 0.1) is 11.7 Å². The van der Waals surface area contributed by atoms with E-state index in [0.29, 0.717) is 26.2 Å². The molecule has 0 amide bonds. The van der Waals surface area contributed by atoms with E-state index in [1.807, 2.05) is 6.07 Å². The molecule has 0 aromatic heterocycles. The van der Waals surface area contributed by atoms with Crippen LogP contribution in [-0.2, 0) is 20.6 Å². The molecule has 0 radical (unpaired) electrons. The van der Waals surface area contributed by atoms with Crippen molar-refractivity contribution in [1.29, 1.82) is 0 Å². The molecule has 0 bridgehead atoms. The van der Waals surface area contributed by atoms with Gasteiger partial charge in [-0.1, -0.05) is 78.4 Å². The molecule has 0 aliphatic heterocycles. The minimum atomic E-state index is -1.06. The predicted molar refractivity (Wildman–Crippen MR) is 123 cm³/mol. The van der Waals surface area contributed by atoms with Crippen molar-refractivity contribution >= 4 is 0 Å². The predicted octanol–water partition coefficient (Wildman–Crippen LogP) is 7.67. The van der Waals surface area contributed by atoms with Crippen LogP contribution in [-0.4, -0.2) is 25.8 Å². The van der Waals surface area contributed by atoms with Crippen molar-refractivity contribution in [2.24, 2.45) is 5.92 Å². The first-order valence-electron chi connectivity index (χ1n) is 12.3. The quantitative estimate of drug-likeness (QED) is 0.168. The normalized spacial score (nSPS) is 13.0. The Labute approximate surface area is 184 Å². The Morgan fingerprint density at radius 3 is 1.87 bits per heavy atom. The first-order chi connectivity index (χ1) is 14.6. The van der Waals surface area contributed by atoms with Crippen LogP contribution in [0.1, 0.15) is 97.5 Å². The monoisotopic (exact) mass is 424 g/mol. The molecule has 0 aliphatic rings. The second-order valence-electron chi connectivity index (χ2n) is 8.24. The van der Waals surface area contributed by atoms with Gasteiger partial charge in [0.2, 0.25) is 0 Å². The number of hydrogen-bond acceptors (Lipinski definition) is 3. The molecule has 0 aliphatic carbocycles. The highest BCUT2D eigenvalue weighted by atomic mass is 19.1. The van der Waals surface area contributed by atoms with E-state index in [-0.39, 0.29) is 11.7 Å². The summed E-state index contributed by atoms with van der Waals surface area (Å²) in [6.07, 6.45) is 11.7. The number of ether oxygens (including phenoxy) is 3. The minimum absolute atomic E-state index is 0.0233. The van der Waals surface area contributed by atoms with E-state index in [1.165, 1.54) is 38.2 Å². The average molecular weight is 425 g/mol. The third kappa shape index (κ3) is 10.4. The van der Waals surface area contributed by atoms with E-state index in [1.54, 1.807) is 12.1 Å². The highest BCUT2D eigenvalue weighted by molar-refractivity contribution is 5.17. The lowest BCUT2D eigenvalue weighted by molar-refractivity contribution is -0.406. The number of benzene rings is 1. The average Bonchev–Trinajstić information content (AvgIpc) is 2.75. The van der Waals surface area contributed by atoms with Crippen LogP contribution < -0.4 is 0 Å². The van der Waals surface area contributed by atoms with Crippen LogP contribution >= 0.6 is 0 Å². The van der Waals surface area contributed by atoms with Gasteiger partial charge in [0.1, 0.15) is 5.82 Å². The second-order valence-corrected chi connectivity index (χ2v) is 8.24. The lowest BCUT2D eigenvalue weighted by Crippen LogP contribution is -2.48. The van der Waals surface area contributed by atoms with Gasteiger partial charge in [-0.25, -0.2) is 4.39 Å². The van der Waals surface area contributed by atoms with Gasteiger partial charge in [0, 0.05) is 5.92 Å². The topological polar surface area (TPSA) is 27.7 Å². The number of rotatable bonds is 19. The summed E-state index contributed by atoms with van der Waals surface area (Å²) >= 11 is 0. The zero-order valence-electron chi connectivity index (χ0n) is 19.9. The van der Waals surface area contributed by atoms with Gasteiger partial charge in [0.05, 0.1) is 19.8 Å². The molecule has 0 N–H and O–H groups in total. The third-order valence-electron chi connectivity index (χ3n) is 5.30. The first kappa shape index (κ1) is 27.1. The van der Waals surface area contributed by atoms with Gasteiger partial charge in [-0.15, -0.1) is 0 Å². The summed E-state index contributed by atoms with van der Waals surface area (Å²) in [6.45, 7) is 10.3. The van der Waals surface area contributed by atoms with Gasteiger partial charge >= 0.3 is 0 Å². The van der Waals surface area contributed by atoms with Gasteiger partial charge in [0.15, 0.2) is 0 Å². The summed E-state index contributed by atoms with van der Waals surface area (Å²) in [5, 5.41) is 0. The Bertz CT molecular complexity index is 513. The van der Waals surface area contributed by atoms with Gasteiger partial charge in [-0.05, 0) is 49.8 Å². The zero-order valence-corrected chi connectivity index (χ0v) is 19.9. The molecule has 4 heteroatoms. The summed E-state index contributed by atoms with van der Waals surface area (Å²) in [5.74, 6) is -1.23. The molecule has 174 valence electrons. The SMILES string of the molecule is CCCCCCCCC(Cc1cccc(F)c1)C(OCCC)(OCCC)OCCC. The Morgan fingerprint density at radius 2 is 1.33 bits per heavy atom. The molecule has 30 heavy (non-hydrogen) atoms. The van der Waals surface area contributed by atoms with E-state index < -0.39 is 5.97 Å². The first-order valence-corrected chi connectivity index (χ1v) is 12.3. The Hall–Kier alpha value is -0.970. The summed E-state index contributed by atoms with van der Waals surface area (Å²) in [6, 6.07) is 6.88. The molecular formula is C26H45FO3. The maximum Gasteiger partial charge on any atom is 0.286 e. The van der Waals surface area contributed by atoms with Crippen molar-refractivity contribution in [2.45, 2.75) is 104 Å². The fourth-order valence-electron chi connectivity index (χ4n) is 3.73. The Kier molecular flexibility index (Phi) is 15.1. The second kappa shape index (κ2) is 16.7. The maximum absolute atomic E-state index is 13.9. The fourth-order valence-corrected chi connectivity index (χ4v) is 3.73. The van der Waals surface area contributed by atoms with Gasteiger partial charge < -0.3 is 14.2 Å².